The van der Waals surface area contributed by atoms with Crippen molar-refractivity contribution in [2.45, 2.75) is 59.2 Å². The van der Waals surface area contributed by atoms with Crippen molar-refractivity contribution in [3.05, 3.63) is 61.7 Å². The molecule has 0 radical (unpaired) electrons. The molecule has 5 nitrogen and oxygen atoms in total. The minimum absolute atomic E-state index is 0.177. The SMILES string of the molecule is Cc1cc(=O)n2nc(CN(Cc3c(F)cccc3Cl)C3CCCC(C)C3C)sc2n1. The standard InChI is InChI=1S/C22H26ClFN4OS/c1-13-6-4-9-19(15(13)3)27(11-16-17(23)7-5-8-18(16)24)12-20-26-28-21(29)10-14(2)25-22(28)30-20/h5,7-8,10,13,15,19H,4,6,9,11-12H2,1-3H3. The second-order valence-electron chi connectivity index (χ2n) is 8.37. The molecule has 0 N–H and O–H groups in total. The van der Waals surface area contributed by atoms with Crippen LogP contribution in [0.4, 0.5) is 4.39 Å². The molecule has 0 saturated heterocycles. The van der Waals surface area contributed by atoms with Gasteiger partial charge in [-0.2, -0.15) is 9.61 Å². The highest BCUT2D eigenvalue weighted by molar-refractivity contribution is 7.16. The summed E-state index contributed by atoms with van der Waals surface area (Å²) in [4.78, 5) is 19.6. The molecule has 0 bridgehead atoms. The van der Waals surface area contributed by atoms with E-state index in [0.29, 0.717) is 52.2 Å². The second-order valence-corrected chi connectivity index (χ2v) is 9.81. The quantitative estimate of drug-likeness (QED) is 0.546. The highest BCUT2D eigenvalue weighted by Gasteiger charge is 2.33. The Labute approximate surface area is 184 Å². The third kappa shape index (κ3) is 4.29. The molecule has 0 aliphatic heterocycles. The van der Waals surface area contributed by atoms with Crippen LogP contribution in [-0.4, -0.2) is 25.5 Å². The lowest BCUT2D eigenvalue weighted by molar-refractivity contribution is 0.0675. The van der Waals surface area contributed by atoms with Crippen molar-refractivity contribution in [3.8, 4) is 0 Å². The number of aryl methyl sites for hydroxylation is 1. The Kier molecular flexibility index (Phi) is 6.23. The van der Waals surface area contributed by atoms with Gasteiger partial charge in [0.1, 0.15) is 10.8 Å². The van der Waals surface area contributed by atoms with Crippen molar-refractivity contribution in [2.24, 2.45) is 11.8 Å². The van der Waals surface area contributed by atoms with Gasteiger partial charge in [-0.3, -0.25) is 9.69 Å². The molecule has 1 fully saturated rings. The summed E-state index contributed by atoms with van der Waals surface area (Å²) in [5.74, 6) is 0.785. The van der Waals surface area contributed by atoms with Crippen molar-refractivity contribution < 1.29 is 4.39 Å². The third-order valence-electron chi connectivity index (χ3n) is 6.31. The van der Waals surface area contributed by atoms with Gasteiger partial charge in [0.15, 0.2) is 0 Å². The molecule has 2 heterocycles. The normalized spacial score (nSPS) is 22.1. The number of hydrogen-bond donors (Lipinski definition) is 0. The molecule has 3 unspecified atom stereocenters. The Balaban J connectivity index is 1.70. The lowest BCUT2D eigenvalue weighted by Crippen LogP contribution is -2.43. The molecule has 160 valence electrons. The maximum atomic E-state index is 14.6. The van der Waals surface area contributed by atoms with Crippen LogP contribution in [0, 0.1) is 24.6 Å². The first-order chi connectivity index (χ1) is 14.3. The van der Waals surface area contributed by atoms with Gasteiger partial charge in [-0.25, -0.2) is 9.37 Å². The molecule has 30 heavy (non-hydrogen) atoms. The highest BCUT2D eigenvalue weighted by Crippen LogP contribution is 2.35. The maximum absolute atomic E-state index is 14.6. The Hall–Kier alpha value is -1.83. The highest BCUT2D eigenvalue weighted by atomic mass is 35.5. The fourth-order valence-electron chi connectivity index (χ4n) is 4.44. The van der Waals surface area contributed by atoms with E-state index >= 15 is 0 Å². The van der Waals surface area contributed by atoms with Crippen molar-refractivity contribution in [1.82, 2.24) is 19.5 Å². The monoisotopic (exact) mass is 448 g/mol. The van der Waals surface area contributed by atoms with Crippen molar-refractivity contribution in [3.63, 3.8) is 0 Å². The van der Waals surface area contributed by atoms with E-state index in [0.717, 1.165) is 17.8 Å². The van der Waals surface area contributed by atoms with Crippen molar-refractivity contribution in [2.75, 3.05) is 0 Å². The van der Waals surface area contributed by atoms with E-state index in [1.54, 1.807) is 19.1 Å². The average molecular weight is 449 g/mol. The second kappa shape index (κ2) is 8.73. The predicted octanol–water partition coefficient (Wildman–Crippen LogP) is 5.08. The number of nitrogens with zero attached hydrogens (tertiary/aromatic N) is 4. The molecular formula is C22H26ClFN4OS. The predicted molar refractivity (Wildman–Crippen MR) is 118 cm³/mol. The van der Waals surface area contributed by atoms with Crippen LogP contribution in [0.3, 0.4) is 0 Å². The van der Waals surface area contributed by atoms with Gasteiger partial charge in [-0.15, -0.1) is 0 Å². The van der Waals surface area contributed by atoms with Crippen LogP contribution in [0.15, 0.2) is 29.1 Å². The lowest BCUT2D eigenvalue weighted by atomic mass is 9.77. The fraction of sp³-hybridized carbons (Fsp3) is 0.500. The summed E-state index contributed by atoms with van der Waals surface area (Å²) in [6, 6.07) is 6.59. The first-order valence-corrected chi connectivity index (χ1v) is 11.6. The van der Waals surface area contributed by atoms with Gasteiger partial charge < -0.3 is 0 Å². The summed E-state index contributed by atoms with van der Waals surface area (Å²) in [5, 5.41) is 5.74. The number of fused-ring (bicyclic) bond motifs is 1. The molecule has 1 aliphatic carbocycles. The lowest BCUT2D eigenvalue weighted by Gasteiger charge is -2.41. The van der Waals surface area contributed by atoms with Crippen LogP contribution < -0.4 is 5.56 Å². The zero-order valence-electron chi connectivity index (χ0n) is 17.4. The van der Waals surface area contributed by atoms with Gasteiger partial charge in [-0.1, -0.05) is 55.7 Å². The smallest absolute Gasteiger partial charge is 0.275 e. The van der Waals surface area contributed by atoms with E-state index in [1.807, 2.05) is 0 Å². The summed E-state index contributed by atoms with van der Waals surface area (Å²) in [7, 11) is 0. The summed E-state index contributed by atoms with van der Waals surface area (Å²) in [6.07, 6.45) is 3.42. The zero-order chi connectivity index (χ0) is 21.4. The van der Waals surface area contributed by atoms with E-state index in [4.69, 9.17) is 11.6 Å². The molecule has 1 saturated carbocycles. The van der Waals surface area contributed by atoms with Gasteiger partial charge in [0.25, 0.3) is 5.56 Å². The maximum Gasteiger partial charge on any atom is 0.275 e. The fourth-order valence-corrected chi connectivity index (χ4v) is 5.64. The molecular weight excluding hydrogens is 423 g/mol. The van der Waals surface area contributed by atoms with Crippen LogP contribution in [0.1, 0.15) is 49.4 Å². The van der Waals surface area contributed by atoms with Crippen LogP contribution in [0.25, 0.3) is 4.96 Å². The summed E-state index contributed by atoms with van der Waals surface area (Å²) < 4.78 is 15.9. The van der Waals surface area contributed by atoms with Gasteiger partial charge >= 0.3 is 0 Å². The van der Waals surface area contributed by atoms with E-state index in [-0.39, 0.29) is 11.4 Å². The van der Waals surface area contributed by atoms with Crippen molar-refractivity contribution >= 4 is 27.9 Å². The Morgan fingerprint density at radius 1 is 1.30 bits per heavy atom. The van der Waals surface area contributed by atoms with E-state index < -0.39 is 0 Å². The van der Waals surface area contributed by atoms with Gasteiger partial charge in [-0.05, 0) is 37.3 Å². The number of hydrogen-bond acceptors (Lipinski definition) is 5. The zero-order valence-corrected chi connectivity index (χ0v) is 19.0. The van der Waals surface area contributed by atoms with Crippen LogP contribution in [0.2, 0.25) is 5.02 Å². The minimum Gasteiger partial charge on any atom is -0.289 e. The molecule has 3 aromatic rings. The van der Waals surface area contributed by atoms with E-state index in [9.17, 15) is 9.18 Å². The molecule has 1 aromatic carbocycles. The number of rotatable bonds is 5. The van der Waals surface area contributed by atoms with Crippen molar-refractivity contribution in [1.29, 1.82) is 0 Å². The molecule has 1 aliphatic rings. The molecule has 2 aromatic heterocycles. The Morgan fingerprint density at radius 3 is 2.87 bits per heavy atom. The van der Waals surface area contributed by atoms with Crippen LogP contribution in [0.5, 0.6) is 0 Å². The topological polar surface area (TPSA) is 50.5 Å². The third-order valence-corrected chi connectivity index (χ3v) is 7.56. The molecule has 4 rings (SSSR count). The van der Waals surface area contributed by atoms with Gasteiger partial charge in [0.2, 0.25) is 4.96 Å². The van der Waals surface area contributed by atoms with Crippen LogP contribution >= 0.6 is 22.9 Å². The summed E-state index contributed by atoms with van der Waals surface area (Å²) in [5.41, 5.74) is 1.01. The first kappa shape index (κ1) is 21.4. The Morgan fingerprint density at radius 2 is 2.10 bits per heavy atom. The van der Waals surface area contributed by atoms with E-state index in [1.165, 1.54) is 34.4 Å². The number of aromatic nitrogens is 3. The summed E-state index contributed by atoms with van der Waals surface area (Å²) in [6.45, 7) is 7.30. The van der Waals surface area contributed by atoms with Gasteiger partial charge in [0.05, 0.1) is 6.54 Å². The minimum atomic E-state index is -0.290. The Bertz CT molecular complexity index is 1090. The van der Waals surface area contributed by atoms with Crippen LogP contribution in [-0.2, 0) is 13.1 Å². The average Bonchev–Trinajstić information content (AvgIpc) is 3.09. The first-order valence-electron chi connectivity index (χ1n) is 10.4. The molecule has 0 amide bonds. The molecule has 8 heteroatoms. The molecule has 3 atom stereocenters. The van der Waals surface area contributed by atoms with E-state index in [2.05, 4.69) is 28.8 Å². The molecule has 0 spiro atoms. The largest absolute Gasteiger partial charge is 0.289 e. The number of halogens is 2. The number of benzene rings is 1. The van der Waals surface area contributed by atoms with Gasteiger partial charge in [0, 0.05) is 34.9 Å². The summed E-state index contributed by atoms with van der Waals surface area (Å²) >= 11 is 7.76.